The van der Waals surface area contributed by atoms with Crippen molar-refractivity contribution in [3.05, 3.63) is 59.0 Å². The summed E-state index contributed by atoms with van der Waals surface area (Å²) < 4.78 is 17.9. The van der Waals surface area contributed by atoms with Crippen LogP contribution in [0.15, 0.2) is 41.5 Å². The standard InChI is InChI=1S/C17H23N3O.C9H11F.CH4O/c1-6-11(3)16-13-8-9-15(21-5)20-17(13)18-10-14(16)19-12(4)7-2;1-3-8-5-4-7(2)9(10)6-8;1-2/h8-11H,6-7H2,1-5H3;4-6H,3H2,1-2H3;2H,1H3. The summed E-state index contributed by atoms with van der Waals surface area (Å²) in [4.78, 5) is 13.6. The number of aliphatic hydroxyl groups is 1. The van der Waals surface area contributed by atoms with E-state index in [1.54, 1.807) is 20.1 Å². The first kappa shape index (κ1) is 28.2. The zero-order valence-corrected chi connectivity index (χ0v) is 21.2. The first-order chi connectivity index (χ1) is 15.8. The second-order valence-corrected chi connectivity index (χ2v) is 7.73. The first-order valence-electron chi connectivity index (χ1n) is 11.4. The molecule has 3 aromatic rings. The monoisotopic (exact) mass is 455 g/mol. The largest absolute Gasteiger partial charge is 0.481 e. The molecule has 0 fully saturated rings. The average Bonchev–Trinajstić information content (AvgIpc) is 2.86. The van der Waals surface area contributed by atoms with Crippen molar-refractivity contribution >= 4 is 22.4 Å². The number of halogens is 1. The number of pyridine rings is 2. The molecule has 2 aromatic heterocycles. The van der Waals surface area contributed by atoms with Crippen molar-refractivity contribution in [3.8, 4) is 5.88 Å². The van der Waals surface area contributed by atoms with Crippen LogP contribution in [0.4, 0.5) is 10.1 Å². The predicted molar refractivity (Wildman–Crippen MR) is 137 cm³/mol. The van der Waals surface area contributed by atoms with Gasteiger partial charge < -0.3 is 9.84 Å². The molecule has 3 rings (SSSR count). The van der Waals surface area contributed by atoms with Crippen molar-refractivity contribution in [1.29, 1.82) is 0 Å². The van der Waals surface area contributed by atoms with E-state index in [-0.39, 0.29) is 5.82 Å². The zero-order valence-electron chi connectivity index (χ0n) is 21.2. The highest BCUT2D eigenvalue weighted by Crippen LogP contribution is 2.35. The lowest BCUT2D eigenvalue weighted by Gasteiger charge is -2.15. The summed E-state index contributed by atoms with van der Waals surface area (Å²) in [6, 6.07) is 9.29. The molecule has 1 N–H and O–H groups in total. The van der Waals surface area contributed by atoms with Gasteiger partial charge in [0.15, 0.2) is 5.65 Å². The molecule has 1 unspecified atom stereocenters. The molecule has 0 aliphatic rings. The van der Waals surface area contributed by atoms with Crippen molar-refractivity contribution in [1.82, 2.24) is 9.97 Å². The second-order valence-electron chi connectivity index (χ2n) is 7.73. The average molecular weight is 456 g/mol. The lowest BCUT2D eigenvalue weighted by Crippen LogP contribution is -1.99. The number of rotatable bonds is 6. The van der Waals surface area contributed by atoms with Crippen LogP contribution in [-0.2, 0) is 6.42 Å². The lowest BCUT2D eigenvalue weighted by atomic mass is 9.94. The van der Waals surface area contributed by atoms with E-state index < -0.39 is 0 Å². The van der Waals surface area contributed by atoms with E-state index in [9.17, 15) is 4.39 Å². The molecule has 0 spiro atoms. The van der Waals surface area contributed by atoms with Gasteiger partial charge in [0.05, 0.1) is 19.0 Å². The molecule has 5 nitrogen and oxygen atoms in total. The third-order valence-corrected chi connectivity index (χ3v) is 5.51. The highest BCUT2D eigenvalue weighted by molar-refractivity contribution is 5.89. The summed E-state index contributed by atoms with van der Waals surface area (Å²) in [5.74, 6) is 0.902. The first-order valence-corrected chi connectivity index (χ1v) is 11.4. The molecular weight excluding hydrogens is 417 g/mol. The number of benzene rings is 1. The number of aliphatic imine (C=N–C) groups is 1. The van der Waals surface area contributed by atoms with Gasteiger partial charge in [-0.05, 0) is 67.9 Å². The fourth-order valence-electron chi connectivity index (χ4n) is 3.14. The molecule has 0 bridgehead atoms. The number of aryl methyl sites for hydroxylation is 2. The van der Waals surface area contributed by atoms with Crippen molar-refractivity contribution in [2.75, 3.05) is 14.2 Å². The second kappa shape index (κ2) is 14.3. The van der Waals surface area contributed by atoms with E-state index in [4.69, 9.17) is 14.8 Å². The number of nitrogens with zero attached hydrogens (tertiary/aromatic N) is 3. The molecule has 0 amide bonds. The Morgan fingerprint density at radius 1 is 1.15 bits per heavy atom. The fourth-order valence-corrected chi connectivity index (χ4v) is 3.14. The summed E-state index contributed by atoms with van der Waals surface area (Å²) in [6.07, 6.45) is 4.73. The molecule has 0 aliphatic heterocycles. The fraction of sp³-hybridized carbons (Fsp3) is 0.444. The molecule has 2 heterocycles. The number of aromatic nitrogens is 2. The SMILES string of the molecule is CCC(C)=Nc1cnc2nc(OC)ccc2c1C(C)CC.CCc1ccc(C)c(F)c1.CO. The van der Waals surface area contributed by atoms with Gasteiger partial charge in [-0.15, -0.1) is 0 Å². The molecule has 1 atom stereocenters. The summed E-state index contributed by atoms with van der Waals surface area (Å²) >= 11 is 0. The minimum absolute atomic E-state index is 0.0978. The maximum atomic E-state index is 12.8. The van der Waals surface area contributed by atoms with E-state index in [1.165, 1.54) is 5.56 Å². The van der Waals surface area contributed by atoms with Crippen LogP contribution in [0.1, 0.15) is 70.1 Å². The minimum atomic E-state index is -0.0978. The maximum absolute atomic E-state index is 12.8. The van der Waals surface area contributed by atoms with Crippen molar-refractivity contribution in [3.63, 3.8) is 0 Å². The van der Waals surface area contributed by atoms with E-state index in [0.29, 0.717) is 11.8 Å². The van der Waals surface area contributed by atoms with Crippen LogP contribution < -0.4 is 4.74 Å². The smallest absolute Gasteiger partial charge is 0.215 e. The molecule has 0 saturated heterocycles. The normalized spacial score (nSPS) is 11.8. The number of fused-ring (bicyclic) bond motifs is 1. The van der Waals surface area contributed by atoms with Crippen LogP contribution in [-0.4, -0.2) is 35.0 Å². The van der Waals surface area contributed by atoms with Gasteiger partial charge in [0.25, 0.3) is 0 Å². The highest BCUT2D eigenvalue weighted by atomic mass is 19.1. The van der Waals surface area contributed by atoms with Gasteiger partial charge in [-0.25, -0.2) is 9.37 Å². The number of hydrogen-bond acceptors (Lipinski definition) is 5. The van der Waals surface area contributed by atoms with Gasteiger partial charge in [0.1, 0.15) is 5.82 Å². The maximum Gasteiger partial charge on any atom is 0.215 e. The molecule has 33 heavy (non-hydrogen) atoms. The Hall–Kier alpha value is -2.86. The summed E-state index contributed by atoms with van der Waals surface area (Å²) in [6.45, 7) is 12.4. The Morgan fingerprint density at radius 2 is 1.85 bits per heavy atom. The van der Waals surface area contributed by atoms with Crippen LogP contribution in [0.25, 0.3) is 11.0 Å². The third-order valence-electron chi connectivity index (χ3n) is 5.51. The number of aliphatic hydroxyl groups excluding tert-OH is 1. The summed E-state index contributed by atoms with van der Waals surface area (Å²) in [5.41, 5.74) is 5.80. The molecule has 0 aliphatic carbocycles. The Morgan fingerprint density at radius 3 is 2.39 bits per heavy atom. The molecule has 1 aromatic carbocycles. The van der Waals surface area contributed by atoms with Gasteiger partial charge in [0.2, 0.25) is 5.88 Å². The van der Waals surface area contributed by atoms with Crippen LogP contribution in [0.3, 0.4) is 0 Å². The van der Waals surface area contributed by atoms with E-state index in [0.717, 1.165) is 59.9 Å². The Balaban J connectivity index is 0.000000380. The van der Waals surface area contributed by atoms with Gasteiger partial charge in [-0.2, -0.15) is 4.98 Å². The zero-order chi connectivity index (χ0) is 25.0. The predicted octanol–water partition coefficient (Wildman–Crippen LogP) is 6.96. The van der Waals surface area contributed by atoms with Gasteiger partial charge in [0, 0.05) is 24.3 Å². The summed E-state index contributed by atoms with van der Waals surface area (Å²) in [5, 5.41) is 8.07. The molecular formula is C27H38FN3O2. The van der Waals surface area contributed by atoms with Crippen LogP contribution in [0, 0.1) is 12.7 Å². The quantitative estimate of drug-likeness (QED) is 0.408. The molecule has 180 valence electrons. The number of hydrogen-bond donors (Lipinski definition) is 1. The van der Waals surface area contributed by atoms with Crippen LogP contribution in [0.5, 0.6) is 5.88 Å². The van der Waals surface area contributed by atoms with E-state index in [2.05, 4.69) is 37.7 Å². The van der Waals surface area contributed by atoms with Crippen molar-refractivity contribution in [2.24, 2.45) is 4.99 Å². The molecule has 0 saturated carbocycles. The molecule has 6 heteroatoms. The Labute approximate surface area is 197 Å². The van der Waals surface area contributed by atoms with E-state index in [1.807, 2.05) is 37.4 Å². The van der Waals surface area contributed by atoms with Gasteiger partial charge in [-0.3, -0.25) is 4.99 Å². The number of ether oxygens (including phenoxy) is 1. The van der Waals surface area contributed by atoms with Crippen LogP contribution >= 0.6 is 0 Å². The Bertz CT molecular complexity index is 1050. The Kier molecular flexibility index (Phi) is 12.2. The van der Waals surface area contributed by atoms with Crippen LogP contribution in [0.2, 0.25) is 0 Å². The summed E-state index contributed by atoms with van der Waals surface area (Å²) in [7, 11) is 2.62. The topological polar surface area (TPSA) is 67.6 Å². The number of methoxy groups -OCH3 is 1. The van der Waals surface area contributed by atoms with Crippen molar-refractivity contribution in [2.45, 2.75) is 66.7 Å². The van der Waals surface area contributed by atoms with Gasteiger partial charge >= 0.3 is 0 Å². The minimum Gasteiger partial charge on any atom is -0.481 e. The molecule has 0 radical (unpaired) electrons. The third kappa shape index (κ3) is 7.90. The highest BCUT2D eigenvalue weighted by Gasteiger charge is 2.15. The lowest BCUT2D eigenvalue weighted by molar-refractivity contribution is 0.399. The van der Waals surface area contributed by atoms with Crippen molar-refractivity contribution < 1.29 is 14.2 Å². The van der Waals surface area contributed by atoms with E-state index >= 15 is 0 Å². The van der Waals surface area contributed by atoms with Gasteiger partial charge in [-0.1, -0.05) is 39.8 Å².